The van der Waals surface area contributed by atoms with E-state index in [4.69, 9.17) is 4.52 Å². The molecule has 2 aliphatic rings. The van der Waals surface area contributed by atoms with E-state index >= 15 is 0 Å². The van der Waals surface area contributed by atoms with Crippen LogP contribution in [-0.2, 0) is 11.3 Å². The number of aromatic nitrogens is 1. The number of urea groups is 1. The van der Waals surface area contributed by atoms with E-state index in [1.165, 1.54) is 4.90 Å². The number of carboxylic acid groups (broad SMARTS) is 1. The minimum atomic E-state index is -0.907. The normalized spacial score (nSPS) is 27.7. The Bertz CT molecular complexity index is 556. The van der Waals surface area contributed by atoms with Crippen LogP contribution in [0.2, 0.25) is 0 Å². The molecule has 1 aliphatic carbocycles. The zero-order valence-electron chi connectivity index (χ0n) is 11.9. The molecule has 0 spiro atoms. The van der Waals surface area contributed by atoms with Crippen LogP contribution in [0.15, 0.2) is 10.6 Å². The first kappa shape index (κ1) is 13.9. The smallest absolute Gasteiger partial charge is 0.326 e. The van der Waals surface area contributed by atoms with Gasteiger partial charge in [0.1, 0.15) is 6.04 Å². The maximum atomic E-state index is 12.3. The van der Waals surface area contributed by atoms with Crippen LogP contribution < -0.4 is 5.32 Å². The fourth-order valence-electron chi connectivity index (χ4n) is 3.59. The second kappa shape index (κ2) is 5.38. The molecule has 7 nitrogen and oxygen atoms in total. The van der Waals surface area contributed by atoms with E-state index in [0.29, 0.717) is 18.2 Å². The largest absolute Gasteiger partial charge is 0.480 e. The first-order valence-corrected chi connectivity index (χ1v) is 7.25. The molecule has 1 aromatic rings. The first-order valence-electron chi connectivity index (χ1n) is 7.25. The van der Waals surface area contributed by atoms with Crippen molar-refractivity contribution >= 4 is 12.0 Å². The van der Waals surface area contributed by atoms with Gasteiger partial charge in [-0.1, -0.05) is 11.6 Å². The lowest BCUT2D eigenvalue weighted by Crippen LogP contribution is -2.47. The molecule has 2 amide bonds. The van der Waals surface area contributed by atoms with Gasteiger partial charge in [-0.3, -0.25) is 0 Å². The van der Waals surface area contributed by atoms with E-state index in [1.54, 1.807) is 13.0 Å². The summed E-state index contributed by atoms with van der Waals surface area (Å²) in [5.41, 5.74) is 0.748. The van der Waals surface area contributed by atoms with Gasteiger partial charge in [-0.2, -0.15) is 0 Å². The van der Waals surface area contributed by atoms with Crippen molar-refractivity contribution in [2.45, 2.75) is 38.8 Å². The van der Waals surface area contributed by atoms with Crippen LogP contribution in [0.1, 0.15) is 30.7 Å². The van der Waals surface area contributed by atoms with E-state index in [-0.39, 0.29) is 18.5 Å². The molecule has 2 N–H and O–H groups in total. The highest BCUT2D eigenvalue weighted by atomic mass is 16.5. The summed E-state index contributed by atoms with van der Waals surface area (Å²) in [7, 11) is 0. The van der Waals surface area contributed by atoms with Crippen molar-refractivity contribution < 1.29 is 19.2 Å². The van der Waals surface area contributed by atoms with Crippen LogP contribution in [0.4, 0.5) is 4.79 Å². The van der Waals surface area contributed by atoms with Crippen LogP contribution >= 0.6 is 0 Å². The van der Waals surface area contributed by atoms with Crippen LogP contribution in [-0.4, -0.2) is 39.8 Å². The average Bonchev–Trinajstić information content (AvgIpc) is 3.09. The van der Waals surface area contributed by atoms with Gasteiger partial charge >= 0.3 is 12.0 Å². The molecule has 7 heteroatoms. The lowest BCUT2D eigenvalue weighted by Gasteiger charge is -2.24. The standard InChI is InChI=1S/C14H19N3O4/c1-8-5-10(21-16-8)6-15-14(20)17-7-9-3-2-4-11(9)12(17)13(18)19/h5,9,11-12H,2-4,6-7H2,1H3,(H,15,20)(H,18,19). The molecule has 1 aliphatic heterocycles. The molecule has 1 aromatic heterocycles. The number of hydrogen-bond donors (Lipinski definition) is 2. The van der Waals surface area contributed by atoms with E-state index in [1.807, 2.05) is 0 Å². The molecular formula is C14H19N3O4. The maximum Gasteiger partial charge on any atom is 0.326 e. The Hall–Kier alpha value is -2.05. The number of rotatable bonds is 3. The molecule has 2 fully saturated rings. The number of hydrogen-bond acceptors (Lipinski definition) is 4. The Morgan fingerprint density at radius 1 is 1.52 bits per heavy atom. The molecule has 0 bridgehead atoms. The number of aryl methyl sites for hydroxylation is 1. The molecular weight excluding hydrogens is 274 g/mol. The summed E-state index contributed by atoms with van der Waals surface area (Å²) in [6.45, 7) is 2.55. The molecule has 3 atom stereocenters. The number of carboxylic acids is 1. The SMILES string of the molecule is Cc1cc(CNC(=O)N2CC3CCCC3C2C(=O)O)on1. The number of fused-ring (bicyclic) bond motifs is 1. The third-order valence-electron chi connectivity index (χ3n) is 4.49. The fourth-order valence-corrected chi connectivity index (χ4v) is 3.59. The Labute approximate surface area is 122 Å². The van der Waals surface area contributed by atoms with Crippen molar-refractivity contribution in [1.82, 2.24) is 15.4 Å². The molecule has 0 aromatic carbocycles. The fraction of sp³-hybridized carbons (Fsp3) is 0.643. The highest BCUT2D eigenvalue weighted by Gasteiger charge is 2.49. The van der Waals surface area contributed by atoms with Gasteiger partial charge < -0.3 is 19.8 Å². The van der Waals surface area contributed by atoms with Gasteiger partial charge in [0.2, 0.25) is 0 Å². The van der Waals surface area contributed by atoms with Crippen molar-refractivity contribution in [1.29, 1.82) is 0 Å². The van der Waals surface area contributed by atoms with Crippen molar-refractivity contribution in [3.63, 3.8) is 0 Å². The van der Waals surface area contributed by atoms with Crippen molar-refractivity contribution in [3.8, 4) is 0 Å². The molecule has 21 heavy (non-hydrogen) atoms. The molecule has 0 radical (unpaired) electrons. The summed E-state index contributed by atoms with van der Waals surface area (Å²) in [5.74, 6) is 0.0762. The van der Waals surface area contributed by atoms with Gasteiger partial charge in [0.25, 0.3) is 0 Å². The average molecular weight is 293 g/mol. The first-order chi connectivity index (χ1) is 10.1. The van der Waals surface area contributed by atoms with E-state index in [2.05, 4.69) is 10.5 Å². The van der Waals surface area contributed by atoms with Crippen LogP contribution in [0, 0.1) is 18.8 Å². The number of likely N-dealkylation sites (tertiary alicyclic amines) is 1. The van der Waals surface area contributed by atoms with Gasteiger partial charge in [-0.05, 0) is 31.6 Å². The summed E-state index contributed by atoms with van der Waals surface area (Å²) in [6, 6.07) is 0.702. The lowest BCUT2D eigenvalue weighted by molar-refractivity contribution is -0.142. The number of nitrogens with one attached hydrogen (secondary N) is 1. The number of aliphatic carboxylic acids is 1. The second-order valence-corrected chi connectivity index (χ2v) is 5.88. The van der Waals surface area contributed by atoms with Gasteiger partial charge in [0.05, 0.1) is 12.2 Å². The van der Waals surface area contributed by atoms with Crippen molar-refractivity contribution in [2.24, 2.45) is 11.8 Å². The summed E-state index contributed by atoms with van der Waals surface area (Å²) in [5, 5.41) is 15.9. The third kappa shape index (κ3) is 2.59. The van der Waals surface area contributed by atoms with Gasteiger partial charge in [-0.15, -0.1) is 0 Å². The number of amides is 2. The van der Waals surface area contributed by atoms with E-state index < -0.39 is 12.0 Å². The Morgan fingerprint density at radius 2 is 2.33 bits per heavy atom. The third-order valence-corrected chi connectivity index (χ3v) is 4.49. The quantitative estimate of drug-likeness (QED) is 0.877. The summed E-state index contributed by atoms with van der Waals surface area (Å²) in [4.78, 5) is 25.2. The number of nitrogens with zero attached hydrogens (tertiary/aromatic N) is 2. The summed E-state index contributed by atoms with van der Waals surface area (Å²) < 4.78 is 5.03. The minimum Gasteiger partial charge on any atom is -0.480 e. The predicted octanol–water partition coefficient (Wildman–Crippen LogP) is 1.38. The molecule has 1 saturated heterocycles. The summed E-state index contributed by atoms with van der Waals surface area (Å²) >= 11 is 0. The molecule has 3 unspecified atom stereocenters. The van der Waals surface area contributed by atoms with E-state index in [9.17, 15) is 14.7 Å². The highest BCUT2D eigenvalue weighted by molar-refractivity contribution is 5.83. The highest BCUT2D eigenvalue weighted by Crippen LogP contribution is 2.42. The molecule has 2 heterocycles. The van der Waals surface area contributed by atoms with E-state index in [0.717, 1.165) is 25.0 Å². The predicted molar refractivity (Wildman–Crippen MR) is 72.4 cm³/mol. The topological polar surface area (TPSA) is 95.7 Å². The van der Waals surface area contributed by atoms with Gasteiger partial charge in [0.15, 0.2) is 5.76 Å². The number of carbonyl (C=O) groups excluding carboxylic acids is 1. The van der Waals surface area contributed by atoms with Gasteiger partial charge in [-0.25, -0.2) is 9.59 Å². The van der Waals surface area contributed by atoms with Crippen molar-refractivity contribution in [2.75, 3.05) is 6.54 Å². The number of carbonyl (C=O) groups is 2. The Balaban J connectivity index is 1.64. The zero-order chi connectivity index (χ0) is 15.0. The monoisotopic (exact) mass is 293 g/mol. The zero-order valence-corrected chi connectivity index (χ0v) is 11.9. The maximum absolute atomic E-state index is 12.3. The Morgan fingerprint density at radius 3 is 3.00 bits per heavy atom. The lowest BCUT2D eigenvalue weighted by atomic mass is 9.94. The van der Waals surface area contributed by atoms with Crippen LogP contribution in [0.5, 0.6) is 0 Å². The Kier molecular flexibility index (Phi) is 3.57. The van der Waals surface area contributed by atoms with Crippen LogP contribution in [0.25, 0.3) is 0 Å². The molecule has 1 saturated carbocycles. The second-order valence-electron chi connectivity index (χ2n) is 5.88. The molecule has 3 rings (SSSR count). The minimum absolute atomic E-state index is 0.0979. The van der Waals surface area contributed by atoms with Gasteiger partial charge in [0, 0.05) is 12.6 Å². The van der Waals surface area contributed by atoms with Crippen molar-refractivity contribution in [3.05, 3.63) is 17.5 Å². The van der Waals surface area contributed by atoms with Crippen LogP contribution in [0.3, 0.4) is 0 Å². The summed E-state index contributed by atoms with van der Waals surface area (Å²) in [6.07, 6.45) is 2.97. The molecule has 114 valence electrons.